The van der Waals surface area contributed by atoms with E-state index in [0.717, 1.165) is 41.3 Å². The lowest BCUT2D eigenvalue weighted by atomic mass is 10.00. The first-order valence-electron chi connectivity index (χ1n) is 12.3. The van der Waals surface area contributed by atoms with Crippen molar-refractivity contribution in [2.24, 2.45) is 0 Å². The normalized spacial score (nSPS) is 11.3. The van der Waals surface area contributed by atoms with E-state index in [1.807, 2.05) is 43.3 Å². The highest BCUT2D eigenvalue weighted by Gasteiger charge is 2.07. The largest absolute Gasteiger partial charge is 0.206 e. The molecule has 0 nitrogen and oxygen atoms in total. The summed E-state index contributed by atoms with van der Waals surface area (Å²) in [4.78, 5) is 0. The van der Waals surface area contributed by atoms with Crippen LogP contribution in [0.15, 0.2) is 103 Å². The highest BCUT2D eigenvalue weighted by molar-refractivity contribution is 5.85. The van der Waals surface area contributed by atoms with E-state index in [-0.39, 0.29) is 5.82 Å². The fraction of sp³-hybridized carbons (Fsp3) is 0.176. The van der Waals surface area contributed by atoms with E-state index in [0.29, 0.717) is 11.8 Å². The second-order valence-corrected chi connectivity index (χ2v) is 8.71. The number of allylic oxidation sites excluding steroid dienone is 4. The summed E-state index contributed by atoms with van der Waals surface area (Å²) in [5.74, 6) is 6.36. The molecule has 0 aliphatic carbocycles. The average molecular weight is 459 g/mol. The van der Waals surface area contributed by atoms with Gasteiger partial charge in [-0.15, -0.1) is 0 Å². The molecule has 0 aromatic heterocycles. The Bertz CT molecular complexity index is 1390. The first-order valence-corrected chi connectivity index (χ1v) is 12.3. The van der Waals surface area contributed by atoms with Gasteiger partial charge < -0.3 is 0 Å². The highest BCUT2D eigenvalue weighted by atomic mass is 19.1. The molecule has 0 saturated carbocycles. The molecule has 0 radical (unpaired) electrons. The maximum Gasteiger partial charge on any atom is 0.134 e. The molecule has 0 spiro atoms. The molecule has 0 N–H and O–H groups in total. The van der Waals surface area contributed by atoms with E-state index < -0.39 is 0 Å². The van der Waals surface area contributed by atoms with E-state index in [4.69, 9.17) is 0 Å². The van der Waals surface area contributed by atoms with Crippen LogP contribution in [-0.4, -0.2) is 0 Å². The van der Waals surface area contributed by atoms with Gasteiger partial charge in [-0.1, -0.05) is 90.7 Å². The summed E-state index contributed by atoms with van der Waals surface area (Å²) in [7, 11) is 0. The zero-order valence-corrected chi connectivity index (χ0v) is 20.5. The second kappa shape index (κ2) is 12.0. The lowest BCUT2D eigenvalue weighted by molar-refractivity contribution is 0.621. The van der Waals surface area contributed by atoms with Crippen LogP contribution in [0.2, 0.25) is 0 Å². The third kappa shape index (κ3) is 6.37. The van der Waals surface area contributed by atoms with Gasteiger partial charge in [0, 0.05) is 16.5 Å². The summed E-state index contributed by atoms with van der Waals surface area (Å²) in [6.45, 7) is 4.04. The fourth-order valence-corrected chi connectivity index (χ4v) is 4.18. The van der Waals surface area contributed by atoms with E-state index in [1.54, 1.807) is 0 Å². The predicted octanol–water partition coefficient (Wildman–Crippen LogP) is 9.06. The van der Waals surface area contributed by atoms with Crippen molar-refractivity contribution >= 4 is 10.8 Å². The minimum Gasteiger partial charge on any atom is -0.206 e. The number of hydrogen-bond acceptors (Lipinski definition) is 0. The van der Waals surface area contributed by atoms with E-state index in [9.17, 15) is 4.39 Å². The molecule has 0 fully saturated rings. The Hall–Kier alpha value is -3.89. The van der Waals surface area contributed by atoms with Crippen molar-refractivity contribution in [3.63, 3.8) is 0 Å². The van der Waals surface area contributed by atoms with Crippen molar-refractivity contribution in [1.82, 2.24) is 0 Å². The van der Waals surface area contributed by atoms with Crippen LogP contribution >= 0.6 is 0 Å². The molecule has 35 heavy (non-hydrogen) atoms. The molecule has 174 valence electrons. The number of halogens is 1. The lowest BCUT2D eigenvalue weighted by Crippen LogP contribution is -1.92. The summed E-state index contributed by atoms with van der Waals surface area (Å²) < 4.78 is 14.9. The van der Waals surface area contributed by atoms with Crippen LogP contribution in [-0.2, 0) is 12.8 Å². The Labute approximate surface area is 208 Å². The molecule has 0 amide bonds. The Kier molecular flexibility index (Phi) is 8.31. The highest BCUT2D eigenvalue weighted by Crippen LogP contribution is 2.24. The van der Waals surface area contributed by atoms with Crippen LogP contribution in [0.4, 0.5) is 4.39 Å². The molecule has 0 aliphatic rings. The van der Waals surface area contributed by atoms with Crippen LogP contribution in [0, 0.1) is 17.7 Å². The van der Waals surface area contributed by atoms with E-state index in [2.05, 4.69) is 85.5 Å². The molecule has 0 atom stereocenters. The fourth-order valence-electron chi connectivity index (χ4n) is 4.18. The molecule has 0 unspecified atom stereocenters. The first kappa shape index (κ1) is 24.2. The van der Waals surface area contributed by atoms with E-state index >= 15 is 0 Å². The van der Waals surface area contributed by atoms with Crippen molar-refractivity contribution < 1.29 is 4.39 Å². The molecule has 4 aromatic carbocycles. The number of rotatable bonds is 7. The van der Waals surface area contributed by atoms with Crippen LogP contribution in [0.5, 0.6) is 0 Å². The third-order valence-electron chi connectivity index (χ3n) is 6.21. The van der Waals surface area contributed by atoms with E-state index in [1.165, 1.54) is 16.7 Å². The number of hydrogen-bond donors (Lipinski definition) is 0. The van der Waals surface area contributed by atoms with Crippen LogP contribution in [0.25, 0.3) is 21.9 Å². The van der Waals surface area contributed by atoms with Crippen molar-refractivity contribution in [3.8, 4) is 23.0 Å². The zero-order valence-electron chi connectivity index (χ0n) is 20.5. The monoisotopic (exact) mass is 458 g/mol. The average Bonchev–Trinajstić information content (AvgIpc) is 2.90. The first-order chi connectivity index (χ1) is 17.2. The smallest absolute Gasteiger partial charge is 0.134 e. The maximum atomic E-state index is 14.9. The minimum absolute atomic E-state index is 0.118. The van der Waals surface area contributed by atoms with Gasteiger partial charge in [-0.25, -0.2) is 4.39 Å². The SMILES string of the molecule is C/C=C/CCc1ccc(-c2ccc(C#Cc3ccc4c(F)c(CC/C=C/C)ccc4c3)cc2)cc1. The van der Waals surface area contributed by atoms with Crippen LogP contribution in [0.1, 0.15) is 48.9 Å². The van der Waals surface area contributed by atoms with Crippen molar-refractivity contribution in [2.75, 3.05) is 0 Å². The molecule has 4 rings (SSSR count). The quantitative estimate of drug-likeness (QED) is 0.191. The summed E-state index contributed by atoms with van der Waals surface area (Å²) in [6, 6.07) is 26.7. The Morgan fingerprint density at radius 2 is 1.26 bits per heavy atom. The van der Waals surface area contributed by atoms with Gasteiger partial charge in [-0.2, -0.15) is 0 Å². The van der Waals surface area contributed by atoms with Crippen molar-refractivity contribution in [3.05, 3.63) is 131 Å². The third-order valence-corrected chi connectivity index (χ3v) is 6.21. The van der Waals surface area contributed by atoms with Gasteiger partial charge in [-0.05, 0) is 91.4 Å². The van der Waals surface area contributed by atoms with Gasteiger partial charge in [-0.3, -0.25) is 0 Å². The summed E-state index contributed by atoms with van der Waals surface area (Å²) in [6.07, 6.45) is 12.1. The molecular formula is C34H31F. The summed E-state index contributed by atoms with van der Waals surface area (Å²) in [5, 5.41) is 1.54. The Balaban J connectivity index is 1.46. The second-order valence-electron chi connectivity index (χ2n) is 8.71. The number of aryl methyl sites for hydroxylation is 2. The maximum absolute atomic E-state index is 14.9. The van der Waals surface area contributed by atoms with Gasteiger partial charge in [0.1, 0.15) is 5.82 Å². The van der Waals surface area contributed by atoms with Crippen LogP contribution < -0.4 is 0 Å². The lowest BCUT2D eigenvalue weighted by Gasteiger charge is -2.06. The molecule has 1 heteroatoms. The van der Waals surface area contributed by atoms with Gasteiger partial charge in [0.25, 0.3) is 0 Å². The summed E-state index contributed by atoms with van der Waals surface area (Å²) >= 11 is 0. The zero-order chi connectivity index (χ0) is 24.5. The minimum atomic E-state index is -0.118. The van der Waals surface area contributed by atoms with Crippen molar-refractivity contribution in [2.45, 2.75) is 39.5 Å². The van der Waals surface area contributed by atoms with Crippen LogP contribution in [0.3, 0.4) is 0 Å². The van der Waals surface area contributed by atoms with Crippen molar-refractivity contribution in [1.29, 1.82) is 0 Å². The predicted molar refractivity (Wildman–Crippen MR) is 148 cm³/mol. The number of fused-ring (bicyclic) bond motifs is 1. The molecule has 0 saturated heterocycles. The van der Waals surface area contributed by atoms with Gasteiger partial charge >= 0.3 is 0 Å². The molecule has 4 aromatic rings. The molecular weight excluding hydrogens is 427 g/mol. The summed E-state index contributed by atoms with van der Waals surface area (Å²) in [5.41, 5.74) is 6.36. The topological polar surface area (TPSA) is 0 Å². The number of benzene rings is 4. The van der Waals surface area contributed by atoms with Gasteiger partial charge in [0.05, 0.1) is 0 Å². The molecule has 0 heterocycles. The van der Waals surface area contributed by atoms with Gasteiger partial charge in [0.2, 0.25) is 0 Å². The molecule has 0 bridgehead atoms. The standard InChI is InChI=1S/C34H31F/c1-3-5-7-9-26-13-18-29(19-14-26)30-20-15-27(16-21-30)11-12-28-17-24-33-32(25-28)23-22-31(34(33)35)10-8-6-4-2/h3-6,13-25H,7-10H2,1-2H3/b5-3+,6-4+. The Morgan fingerprint density at radius 1 is 0.657 bits per heavy atom. The van der Waals surface area contributed by atoms with Gasteiger partial charge in [0.15, 0.2) is 0 Å². The Morgan fingerprint density at radius 3 is 1.94 bits per heavy atom. The molecule has 0 aliphatic heterocycles.